The third kappa shape index (κ3) is 4.34. The number of carbonyl (C=O) groups excluding carboxylic acids is 2. The van der Waals surface area contributed by atoms with Crippen molar-refractivity contribution in [3.8, 4) is 5.75 Å². The van der Waals surface area contributed by atoms with Crippen LogP contribution in [0.4, 0.5) is 10.5 Å². The van der Waals surface area contributed by atoms with Crippen molar-refractivity contribution in [1.82, 2.24) is 10.6 Å². The quantitative estimate of drug-likeness (QED) is 0.742. The summed E-state index contributed by atoms with van der Waals surface area (Å²) in [6.45, 7) is 9.81. The molecule has 3 rings (SSSR count). The Kier molecular flexibility index (Phi) is 5.40. The van der Waals surface area contributed by atoms with Gasteiger partial charge in [-0.1, -0.05) is 42.5 Å². The number of amides is 3. The molecule has 6 heteroatoms. The number of allylic oxidation sites excluding steroid dienone is 1. The molecule has 6 nitrogen and oxygen atoms in total. The van der Waals surface area contributed by atoms with Crippen LogP contribution < -0.4 is 20.7 Å². The van der Waals surface area contributed by atoms with Crippen LogP contribution in [0, 0.1) is 0 Å². The second-order valence-electron chi connectivity index (χ2n) is 7.41. The number of hydrogen-bond acceptors (Lipinski definition) is 3. The number of rotatable bonds is 5. The van der Waals surface area contributed by atoms with Crippen LogP contribution in [0.25, 0.3) is 5.57 Å². The van der Waals surface area contributed by atoms with Gasteiger partial charge < -0.3 is 20.7 Å². The molecule has 1 heterocycles. The number of fused-ring (bicyclic) bond motifs is 1. The van der Waals surface area contributed by atoms with Crippen molar-refractivity contribution >= 4 is 23.2 Å². The van der Waals surface area contributed by atoms with Crippen LogP contribution >= 0.6 is 0 Å². The molecule has 146 valence electrons. The number of carbonyl (C=O) groups is 2. The highest BCUT2D eigenvalue weighted by atomic mass is 16.5. The highest BCUT2D eigenvalue weighted by Gasteiger charge is 2.29. The lowest BCUT2D eigenvalue weighted by atomic mass is 9.92. The van der Waals surface area contributed by atoms with Gasteiger partial charge in [-0.05, 0) is 50.1 Å². The van der Waals surface area contributed by atoms with Crippen molar-refractivity contribution in [2.75, 3.05) is 11.9 Å². The summed E-state index contributed by atoms with van der Waals surface area (Å²) in [4.78, 5) is 24.6. The zero-order valence-electron chi connectivity index (χ0n) is 16.3. The molecule has 0 bridgehead atoms. The molecule has 2 aromatic rings. The van der Waals surface area contributed by atoms with E-state index in [1.807, 2.05) is 57.2 Å². The van der Waals surface area contributed by atoms with Crippen molar-refractivity contribution in [1.29, 1.82) is 0 Å². The number of anilines is 1. The summed E-state index contributed by atoms with van der Waals surface area (Å²) >= 11 is 0. The van der Waals surface area contributed by atoms with Crippen LogP contribution in [0.3, 0.4) is 0 Å². The van der Waals surface area contributed by atoms with Gasteiger partial charge in [0.25, 0.3) is 5.91 Å². The van der Waals surface area contributed by atoms with Crippen molar-refractivity contribution in [2.24, 2.45) is 0 Å². The van der Waals surface area contributed by atoms with Crippen molar-refractivity contribution in [3.63, 3.8) is 0 Å². The van der Waals surface area contributed by atoms with E-state index in [9.17, 15) is 9.59 Å². The van der Waals surface area contributed by atoms with Gasteiger partial charge in [-0.3, -0.25) is 4.79 Å². The highest BCUT2D eigenvalue weighted by molar-refractivity contribution is 5.98. The van der Waals surface area contributed by atoms with Gasteiger partial charge in [-0.2, -0.15) is 0 Å². The molecule has 28 heavy (non-hydrogen) atoms. The van der Waals surface area contributed by atoms with E-state index in [2.05, 4.69) is 22.5 Å². The molecule has 3 amide bonds. The zero-order valence-corrected chi connectivity index (χ0v) is 16.3. The molecule has 0 fully saturated rings. The van der Waals surface area contributed by atoms with Crippen molar-refractivity contribution < 1.29 is 14.3 Å². The Bertz CT molecular complexity index is 921. The normalized spacial score (nSPS) is 15.7. The minimum absolute atomic E-state index is 0.0634. The SMILES string of the molecule is C=C(C)c1cccc(C(C)(C)NC(=O)NCC2Oc3ccccc3NC2=O)c1. The monoisotopic (exact) mass is 379 g/mol. The van der Waals surface area contributed by atoms with E-state index >= 15 is 0 Å². The predicted octanol–water partition coefficient (Wildman–Crippen LogP) is 3.65. The first kappa shape index (κ1) is 19.5. The lowest BCUT2D eigenvalue weighted by Gasteiger charge is -2.29. The van der Waals surface area contributed by atoms with E-state index in [4.69, 9.17) is 4.74 Å². The number of para-hydroxylation sites is 2. The first-order valence-electron chi connectivity index (χ1n) is 9.15. The molecular formula is C22H25N3O3. The summed E-state index contributed by atoms with van der Waals surface area (Å²) in [6, 6.07) is 14.7. The van der Waals surface area contributed by atoms with E-state index in [0.29, 0.717) is 11.4 Å². The number of ether oxygens (including phenoxy) is 1. The average Bonchev–Trinajstić information content (AvgIpc) is 2.66. The van der Waals surface area contributed by atoms with Crippen molar-refractivity contribution in [2.45, 2.75) is 32.4 Å². The fourth-order valence-corrected chi connectivity index (χ4v) is 2.99. The second-order valence-corrected chi connectivity index (χ2v) is 7.41. The molecule has 1 aliphatic heterocycles. The molecule has 2 aromatic carbocycles. The summed E-state index contributed by atoms with van der Waals surface area (Å²) in [6.07, 6.45) is -0.782. The van der Waals surface area contributed by atoms with Gasteiger partial charge in [-0.25, -0.2) is 4.79 Å². The summed E-state index contributed by atoms with van der Waals surface area (Å²) < 4.78 is 5.69. The molecule has 1 unspecified atom stereocenters. The summed E-state index contributed by atoms with van der Waals surface area (Å²) in [5.74, 6) is 0.304. The molecule has 0 aliphatic carbocycles. The molecule has 1 atom stereocenters. The minimum Gasteiger partial charge on any atom is -0.477 e. The maximum atomic E-state index is 12.4. The van der Waals surface area contributed by atoms with Crippen LogP contribution in [-0.2, 0) is 10.3 Å². The van der Waals surface area contributed by atoms with Crippen LogP contribution in [0.1, 0.15) is 31.9 Å². The third-order valence-electron chi connectivity index (χ3n) is 4.66. The topological polar surface area (TPSA) is 79.5 Å². The Hall–Kier alpha value is -3.28. The lowest BCUT2D eigenvalue weighted by molar-refractivity contribution is -0.123. The van der Waals surface area contributed by atoms with E-state index in [0.717, 1.165) is 16.7 Å². The minimum atomic E-state index is -0.782. The molecule has 3 N–H and O–H groups in total. The molecule has 0 aromatic heterocycles. The van der Waals surface area contributed by atoms with Gasteiger partial charge in [0, 0.05) is 0 Å². The maximum absolute atomic E-state index is 12.4. The van der Waals surface area contributed by atoms with Crippen LogP contribution in [-0.4, -0.2) is 24.6 Å². The Morgan fingerprint density at radius 3 is 2.71 bits per heavy atom. The smallest absolute Gasteiger partial charge is 0.315 e. The molecular weight excluding hydrogens is 354 g/mol. The summed E-state index contributed by atoms with van der Waals surface area (Å²) in [5, 5.41) is 8.45. The largest absolute Gasteiger partial charge is 0.477 e. The second kappa shape index (κ2) is 7.76. The van der Waals surface area contributed by atoms with Gasteiger partial charge in [-0.15, -0.1) is 0 Å². The number of urea groups is 1. The fourth-order valence-electron chi connectivity index (χ4n) is 2.99. The molecule has 1 aliphatic rings. The Morgan fingerprint density at radius 1 is 1.21 bits per heavy atom. The Balaban J connectivity index is 1.60. The number of hydrogen-bond donors (Lipinski definition) is 3. The third-order valence-corrected chi connectivity index (χ3v) is 4.66. The Morgan fingerprint density at radius 2 is 1.96 bits per heavy atom. The standard InChI is InChI=1S/C22H25N3O3/c1-14(2)15-8-7-9-16(12-15)22(3,4)25-21(27)23-13-19-20(26)24-17-10-5-6-11-18(17)28-19/h5-12,19H,1,13H2,2-4H3,(H,24,26)(H2,23,25,27). The first-order chi connectivity index (χ1) is 13.3. The summed E-state index contributed by atoms with van der Waals surface area (Å²) in [5.41, 5.74) is 2.98. The molecule has 0 saturated carbocycles. The van der Waals surface area contributed by atoms with Crippen LogP contribution in [0.5, 0.6) is 5.75 Å². The molecule has 0 radical (unpaired) electrons. The van der Waals surface area contributed by atoms with E-state index in [1.54, 1.807) is 12.1 Å². The number of nitrogens with one attached hydrogen (secondary N) is 3. The lowest BCUT2D eigenvalue weighted by Crippen LogP contribution is -2.51. The van der Waals surface area contributed by atoms with Gasteiger partial charge in [0.05, 0.1) is 17.8 Å². The molecule has 0 spiro atoms. The van der Waals surface area contributed by atoms with Gasteiger partial charge in [0.1, 0.15) is 5.75 Å². The van der Waals surface area contributed by atoms with Gasteiger partial charge in [0.15, 0.2) is 6.10 Å². The Labute approximate surface area is 165 Å². The van der Waals surface area contributed by atoms with E-state index in [1.165, 1.54) is 0 Å². The van der Waals surface area contributed by atoms with Gasteiger partial charge in [0.2, 0.25) is 0 Å². The van der Waals surface area contributed by atoms with E-state index in [-0.39, 0.29) is 18.5 Å². The summed E-state index contributed by atoms with van der Waals surface area (Å²) in [7, 11) is 0. The average molecular weight is 379 g/mol. The van der Waals surface area contributed by atoms with Crippen LogP contribution in [0.15, 0.2) is 55.1 Å². The highest BCUT2D eigenvalue weighted by Crippen LogP contribution is 2.28. The predicted molar refractivity (Wildman–Crippen MR) is 110 cm³/mol. The zero-order chi connectivity index (χ0) is 20.3. The first-order valence-corrected chi connectivity index (χ1v) is 9.15. The van der Waals surface area contributed by atoms with Crippen LogP contribution in [0.2, 0.25) is 0 Å². The maximum Gasteiger partial charge on any atom is 0.315 e. The van der Waals surface area contributed by atoms with Gasteiger partial charge >= 0.3 is 6.03 Å². The molecule has 0 saturated heterocycles. The fraction of sp³-hybridized carbons (Fsp3) is 0.273. The van der Waals surface area contributed by atoms with Crippen molar-refractivity contribution in [3.05, 3.63) is 66.2 Å². The number of benzene rings is 2. The van der Waals surface area contributed by atoms with E-state index < -0.39 is 11.6 Å².